The Balaban J connectivity index is 1.28. The Bertz CT molecular complexity index is 852. The maximum atomic E-state index is 12.5. The molecular formula is C16H23N5O4S. The minimum atomic E-state index is -3.51. The summed E-state index contributed by atoms with van der Waals surface area (Å²) in [5.41, 5.74) is 0. The van der Waals surface area contributed by atoms with Gasteiger partial charge in [0.15, 0.2) is 5.82 Å². The molecule has 0 atom stereocenters. The fraction of sp³-hybridized carbons (Fsp3) is 0.688. The minimum Gasteiger partial charge on any atom is -0.381 e. The van der Waals surface area contributed by atoms with Crippen molar-refractivity contribution < 1.29 is 17.7 Å². The van der Waals surface area contributed by atoms with Crippen LogP contribution in [0.5, 0.6) is 0 Å². The first-order valence-corrected chi connectivity index (χ1v) is 10.4. The van der Waals surface area contributed by atoms with Gasteiger partial charge in [0, 0.05) is 38.9 Å². The van der Waals surface area contributed by atoms with E-state index in [0.29, 0.717) is 44.4 Å². The van der Waals surface area contributed by atoms with Gasteiger partial charge in [-0.1, -0.05) is 5.16 Å². The lowest BCUT2D eigenvalue weighted by molar-refractivity contribution is 0.125. The van der Waals surface area contributed by atoms with Gasteiger partial charge in [-0.25, -0.2) is 8.42 Å². The highest BCUT2D eigenvalue weighted by Crippen LogP contribution is 2.31. The molecule has 26 heavy (non-hydrogen) atoms. The summed E-state index contributed by atoms with van der Waals surface area (Å²) in [6.45, 7) is 4.64. The molecule has 2 fully saturated rings. The highest BCUT2D eigenvalue weighted by Gasteiger charge is 2.40. The summed E-state index contributed by atoms with van der Waals surface area (Å²) >= 11 is 0. The summed E-state index contributed by atoms with van der Waals surface area (Å²) < 4.78 is 39.0. The zero-order valence-electron chi connectivity index (χ0n) is 14.7. The van der Waals surface area contributed by atoms with Crippen LogP contribution in [0.25, 0.3) is 0 Å². The first-order valence-electron chi connectivity index (χ1n) is 8.99. The molecule has 2 aliphatic rings. The summed E-state index contributed by atoms with van der Waals surface area (Å²) in [5.74, 6) is 1.79. The molecule has 0 bridgehead atoms. The van der Waals surface area contributed by atoms with Gasteiger partial charge in [0.2, 0.25) is 15.9 Å². The van der Waals surface area contributed by atoms with Gasteiger partial charge in [-0.15, -0.1) is 0 Å². The third-order valence-corrected chi connectivity index (χ3v) is 6.56. The van der Waals surface area contributed by atoms with E-state index in [2.05, 4.69) is 15.2 Å². The summed E-state index contributed by atoms with van der Waals surface area (Å²) in [6, 6.07) is 0. The summed E-state index contributed by atoms with van der Waals surface area (Å²) in [6.07, 6.45) is 6.09. The Morgan fingerprint density at radius 1 is 1.35 bits per heavy atom. The molecule has 0 amide bonds. The van der Waals surface area contributed by atoms with Crippen molar-refractivity contribution in [3.05, 3.63) is 24.1 Å². The fourth-order valence-corrected chi connectivity index (χ4v) is 4.31. The van der Waals surface area contributed by atoms with Gasteiger partial charge in [-0.05, 0) is 25.7 Å². The number of aromatic nitrogens is 4. The van der Waals surface area contributed by atoms with Crippen LogP contribution in [-0.4, -0.2) is 58.9 Å². The van der Waals surface area contributed by atoms with E-state index in [4.69, 9.17) is 9.26 Å². The molecule has 1 aliphatic carbocycles. The molecule has 2 aromatic heterocycles. The SMILES string of the molecule is CCn1cc(S(=O)(=O)N2CC(c3nc(CCOCC4CC4)no3)C2)cn1. The standard InChI is InChI=1S/C16H23N5O4S/c1-2-20-10-14(7-17-20)26(22,23)21-8-13(9-21)16-18-15(19-25-16)5-6-24-11-12-3-4-12/h7,10,12-13H,2-6,8-9,11H2,1H3. The van der Waals surface area contributed by atoms with Gasteiger partial charge in [0.25, 0.3) is 0 Å². The van der Waals surface area contributed by atoms with Crippen molar-refractivity contribution in [2.45, 2.75) is 43.5 Å². The lowest BCUT2D eigenvalue weighted by atomic mass is 10.0. The number of hydrogen-bond donors (Lipinski definition) is 0. The van der Waals surface area contributed by atoms with E-state index < -0.39 is 10.0 Å². The van der Waals surface area contributed by atoms with Crippen molar-refractivity contribution in [2.24, 2.45) is 5.92 Å². The monoisotopic (exact) mass is 381 g/mol. The van der Waals surface area contributed by atoms with Crippen molar-refractivity contribution in [3.63, 3.8) is 0 Å². The molecule has 2 aromatic rings. The van der Waals surface area contributed by atoms with Crippen molar-refractivity contribution >= 4 is 10.0 Å². The number of aryl methyl sites for hydroxylation is 1. The van der Waals surface area contributed by atoms with Crippen LogP contribution in [0.2, 0.25) is 0 Å². The van der Waals surface area contributed by atoms with Crippen LogP contribution >= 0.6 is 0 Å². The van der Waals surface area contributed by atoms with Crippen LogP contribution < -0.4 is 0 Å². The summed E-state index contributed by atoms with van der Waals surface area (Å²) in [4.78, 5) is 4.59. The van der Waals surface area contributed by atoms with Crippen LogP contribution in [0.1, 0.15) is 37.4 Å². The van der Waals surface area contributed by atoms with Gasteiger partial charge in [0.1, 0.15) is 4.90 Å². The van der Waals surface area contributed by atoms with Gasteiger partial charge in [0.05, 0.1) is 18.7 Å². The van der Waals surface area contributed by atoms with Gasteiger partial charge < -0.3 is 9.26 Å². The first-order chi connectivity index (χ1) is 12.6. The third-order valence-electron chi connectivity index (χ3n) is 4.77. The predicted molar refractivity (Wildman–Crippen MR) is 90.9 cm³/mol. The molecule has 10 heteroatoms. The van der Waals surface area contributed by atoms with E-state index in [1.165, 1.54) is 23.3 Å². The quantitative estimate of drug-likeness (QED) is 0.598. The molecule has 1 saturated carbocycles. The molecule has 4 rings (SSSR count). The molecule has 1 saturated heterocycles. The van der Waals surface area contributed by atoms with E-state index in [-0.39, 0.29) is 10.8 Å². The second-order valence-electron chi connectivity index (χ2n) is 6.87. The van der Waals surface area contributed by atoms with E-state index in [0.717, 1.165) is 12.5 Å². The third kappa shape index (κ3) is 3.67. The number of nitrogens with zero attached hydrogens (tertiary/aromatic N) is 5. The van der Waals surface area contributed by atoms with Gasteiger partial charge in [-0.2, -0.15) is 14.4 Å². The van der Waals surface area contributed by atoms with E-state index >= 15 is 0 Å². The molecule has 0 N–H and O–H groups in total. The molecule has 9 nitrogen and oxygen atoms in total. The Hall–Kier alpha value is -1.78. The van der Waals surface area contributed by atoms with E-state index in [9.17, 15) is 8.42 Å². The Morgan fingerprint density at radius 2 is 2.15 bits per heavy atom. The van der Waals surface area contributed by atoms with Crippen molar-refractivity contribution in [3.8, 4) is 0 Å². The van der Waals surface area contributed by atoms with Crippen LogP contribution in [-0.2, 0) is 27.7 Å². The van der Waals surface area contributed by atoms with Crippen LogP contribution in [0.15, 0.2) is 21.8 Å². The molecule has 0 radical (unpaired) electrons. The number of sulfonamides is 1. The summed E-state index contributed by atoms with van der Waals surface area (Å²) in [7, 11) is -3.51. The maximum absolute atomic E-state index is 12.5. The second-order valence-corrected chi connectivity index (χ2v) is 8.81. The Kier molecular flexibility index (Phi) is 4.80. The smallest absolute Gasteiger partial charge is 0.246 e. The summed E-state index contributed by atoms with van der Waals surface area (Å²) in [5, 5.41) is 7.99. The van der Waals surface area contributed by atoms with Crippen LogP contribution in [0.3, 0.4) is 0 Å². The Morgan fingerprint density at radius 3 is 2.85 bits per heavy atom. The maximum Gasteiger partial charge on any atom is 0.246 e. The van der Waals surface area contributed by atoms with E-state index in [1.807, 2.05) is 6.92 Å². The molecule has 0 spiro atoms. The molecule has 142 valence electrons. The highest BCUT2D eigenvalue weighted by molar-refractivity contribution is 7.89. The van der Waals surface area contributed by atoms with E-state index in [1.54, 1.807) is 10.9 Å². The van der Waals surface area contributed by atoms with Crippen LogP contribution in [0, 0.1) is 5.92 Å². The van der Waals surface area contributed by atoms with Crippen molar-refractivity contribution in [1.82, 2.24) is 24.2 Å². The fourth-order valence-electron chi connectivity index (χ4n) is 2.82. The zero-order chi connectivity index (χ0) is 18.1. The molecule has 0 unspecified atom stereocenters. The predicted octanol–water partition coefficient (Wildman–Crippen LogP) is 1.04. The number of rotatable bonds is 9. The molecule has 0 aromatic carbocycles. The molecule has 3 heterocycles. The van der Waals surface area contributed by atoms with Gasteiger partial charge >= 0.3 is 0 Å². The normalized spacial score (nSPS) is 19.0. The lowest BCUT2D eigenvalue weighted by Crippen LogP contribution is -2.48. The number of hydrogen-bond acceptors (Lipinski definition) is 7. The van der Waals surface area contributed by atoms with Crippen LogP contribution in [0.4, 0.5) is 0 Å². The molecule has 1 aliphatic heterocycles. The average molecular weight is 381 g/mol. The largest absolute Gasteiger partial charge is 0.381 e. The minimum absolute atomic E-state index is 0.0559. The molecular weight excluding hydrogens is 358 g/mol. The second kappa shape index (κ2) is 7.09. The average Bonchev–Trinajstić information content (AvgIpc) is 3.08. The lowest BCUT2D eigenvalue weighted by Gasteiger charge is -2.35. The van der Waals surface area contributed by atoms with Crippen molar-refractivity contribution in [1.29, 1.82) is 0 Å². The topological polar surface area (TPSA) is 103 Å². The highest BCUT2D eigenvalue weighted by atomic mass is 32.2. The van der Waals surface area contributed by atoms with Gasteiger partial charge in [-0.3, -0.25) is 4.68 Å². The first kappa shape index (κ1) is 17.6. The Labute approximate surface area is 152 Å². The van der Waals surface area contributed by atoms with Crippen molar-refractivity contribution in [2.75, 3.05) is 26.3 Å². The number of ether oxygens (including phenoxy) is 1. The zero-order valence-corrected chi connectivity index (χ0v) is 15.6.